The molecule has 0 saturated carbocycles. The van der Waals surface area contributed by atoms with Gasteiger partial charge in [-0.1, -0.05) is 22.0 Å². The number of ether oxygens (including phenoxy) is 1. The lowest BCUT2D eigenvalue weighted by Gasteiger charge is -2.20. The van der Waals surface area contributed by atoms with Crippen molar-refractivity contribution in [3.63, 3.8) is 0 Å². The number of nitrogens with one attached hydrogen (secondary N) is 1. The molecular weight excluding hydrogens is 322 g/mol. The van der Waals surface area contributed by atoms with Crippen molar-refractivity contribution in [2.75, 3.05) is 5.32 Å². The zero-order valence-electron chi connectivity index (χ0n) is 12.0. The van der Waals surface area contributed by atoms with Crippen molar-refractivity contribution < 1.29 is 14.3 Å². The Labute approximate surface area is 127 Å². The standard InChI is InChI=1S/C15H18BrNO3/c1-10(18)5-6-11-7-8-12(16)9-13(11)17-14(19)20-15(2,3)4/h5-9H,1-4H3,(H,17,19)/b6-5+. The van der Waals surface area contributed by atoms with Gasteiger partial charge in [0.25, 0.3) is 0 Å². The molecule has 0 spiro atoms. The Morgan fingerprint density at radius 2 is 1.95 bits per heavy atom. The maximum Gasteiger partial charge on any atom is 0.412 e. The Morgan fingerprint density at radius 3 is 2.50 bits per heavy atom. The molecule has 0 aliphatic carbocycles. The van der Waals surface area contributed by atoms with Crippen molar-refractivity contribution in [3.05, 3.63) is 34.3 Å². The van der Waals surface area contributed by atoms with Crippen molar-refractivity contribution in [2.24, 2.45) is 0 Å². The summed E-state index contributed by atoms with van der Waals surface area (Å²) in [5, 5.41) is 2.68. The van der Waals surface area contributed by atoms with Crippen LogP contribution in [0.5, 0.6) is 0 Å². The van der Waals surface area contributed by atoms with Crippen molar-refractivity contribution in [1.82, 2.24) is 0 Å². The molecule has 1 rings (SSSR count). The van der Waals surface area contributed by atoms with E-state index in [1.165, 1.54) is 13.0 Å². The van der Waals surface area contributed by atoms with Crippen LogP contribution in [-0.4, -0.2) is 17.5 Å². The summed E-state index contributed by atoms with van der Waals surface area (Å²) < 4.78 is 6.03. The SMILES string of the molecule is CC(=O)/C=C/c1ccc(Br)cc1NC(=O)OC(C)(C)C. The molecule has 0 unspecified atom stereocenters. The maximum atomic E-state index is 11.8. The van der Waals surface area contributed by atoms with E-state index in [9.17, 15) is 9.59 Å². The quantitative estimate of drug-likeness (QED) is 0.830. The number of amides is 1. The van der Waals surface area contributed by atoms with Crippen LogP contribution in [0.3, 0.4) is 0 Å². The summed E-state index contributed by atoms with van der Waals surface area (Å²) in [6, 6.07) is 5.39. The average molecular weight is 340 g/mol. The molecule has 0 atom stereocenters. The van der Waals surface area contributed by atoms with Gasteiger partial charge in [0.2, 0.25) is 0 Å². The van der Waals surface area contributed by atoms with Gasteiger partial charge in [-0.15, -0.1) is 0 Å². The van der Waals surface area contributed by atoms with E-state index in [4.69, 9.17) is 4.74 Å². The molecule has 1 N–H and O–H groups in total. The predicted octanol–water partition coefficient (Wildman–Crippen LogP) is 4.40. The number of carbonyl (C=O) groups excluding carboxylic acids is 2. The number of benzene rings is 1. The molecule has 0 aromatic heterocycles. The Hall–Kier alpha value is -1.62. The molecule has 4 nitrogen and oxygen atoms in total. The number of anilines is 1. The van der Waals surface area contributed by atoms with Crippen LogP contribution in [0.4, 0.5) is 10.5 Å². The van der Waals surface area contributed by atoms with Crippen molar-refractivity contribution in [1.29, 1.82) is 0 Å². The lowest BCUT2D eigenvalue weighted by molar-refractivity contribution is -0.112. The predicted molar refractivity (Wildman–Crippen MR) is 83.7 cm³/mol. The molecular formula is C15H18BrNO3. The Balaban J connectivity index is 2.95. The first-order valence-corrected chi connectivity index (χ1v) is 6.95. The molecule has 0 saturated heterocycles. The van der Waals surface area contributed by atoms with Crippen LogP contribution in [0.2, 0.25) is 0 Å². The van der Waals surface area contributed by atoms with E-state index in [-0.39, 0.29) is 5.78 Å². The molecule has 0 radical (unpaired) electrons. The highest BCUT2D eigenvalue weighted by molar-refractivity contribution is 9.10. The minimum atomic E-state index is -0.564. The van der Waals surface area contributed by atoms with E-state index in [0.29, 0.717) is 5.69 Å². The fourth-order valence-electron chi connectivity index (χ4n) is 1.40. The van der Waals surface area contributed by atoms with Gasteiger partial charge in [0.15, 0.2) is 5.78 Å². The summed E-state index contributed by atoms with van der Waals surface area (Å²) in [6.45, 7) is 6.86. The molecule has 5 heteroatoms. The highest BCUT2D eigenvalue weighted by Gasteiger charge is 2.17. The van der Waals surface area contributed by atoms with Crippen molar-refractivity contribution in [2.45, 2.75) is 33.3 Å². The number of ketones is 1. The largest absolute Gasteiger partial charge is 0.444 e. The molecule has 0 aliphatic heterocycles. The van der Waals surface area contributed by atoms with Crippen LogP contribution in [0.15, 0.2) is 28.7 Å². The zero-order valence-corrected chi connectivity index (χ0v) is 13.6. The first kappa shape index (κ1) is 16.4. The summed E-state index contributed by atoms with van der Waals surface area (Å²) in [7, 11) is 0. The second kappa shape index (κ2) is 6.70. The fraction of sp³-hybridized carbons (Fsp3) is 0.333. The van der Waals surface area contributed by atoms with Gasteiger partial charge in [-0.05, 0) is 57.5 Å². The number of hydrogen-bond acceptors (Lipinski definition) is 3. The van der Waals surface area contributed by atoms with E-state index in [1.54, 1.807) is 39.0 Å². The Kier molecular flexibility index (Phi) is 5.51. The molecule has 0 heterocycles. The zero-order chi connectivity index (χ0) is 15.3. The van der Waals surface area contributed by atoms with Crippen LogP contribution < -0.4 is 5.32 Å². The summed E-state index contributed by atoms with van der Waals surface area (Å²) >= 11 is 3.34. The van der Waals surface area contributed by atoms with Crippen LogP contribution in [0.1, 0.15) is 33.3 Å². The Morgan fingerprint density at radius 1 is 1.30 bits per heavy atom. The molecule has 108 valence electrons. The van der Waals surface area contributed by atoms with Gasteiger partial charge in [0.05, 0.1) is 5.69 Å². The molecule has 20 heavy (non-hydrogen) atoms. The number of halogens is 1. The average Bonchev–Trinajstić information content (AvgIpc) is 2.24. The smallest absolute Gasteiger partial charge is 0.412 e. The van der Waals surface area contributed by atoms with E-state index in [1.807, 2.05) is 6.07 Å². The van der Waals surface area contributed by atoms with Gasteiger partial charge >= 0.3 is 6.09 Å². The third-order valence-corrected chi connectivity index (χ3v) is 2.64. The summed E-state index contributed by atoms with van der Waals surface area (Å²) in [5.74, 6) is -0.0591. The van der Waals surface area contributed by atoms with Gasteiger partial charge in [-0.25, -0.2) is 4.79 Å². The second-order valence-corrected chi connectivity index (χ2v) is 6.22. The number of allylic oxidation sites excluding steroid dienone is 1. The normalized spacial score (nSPS) is 11.4. The number of rotatable bonds is 3. The Bertz CT molecular complexity index is 545. The fourth-order valence-corrected chi connectivity index (χ4v) is 1.76. The maximum absolute atomic E-state index is 11.8. The lowest BCUT2D eigenvalue weighted by Crippen LogP contribution is -2.27. The van der Waals surface area contributed by atoms with Gasteiger partial charge in [0.1, 0.15) is 5.60 Å². The molecule has 1 amide bonds. The summed E-state index contributed by atoms with van der Waals surface area (Å²) in [5.41, 5.74) is 0.742. The highest BCUT2D eigenvalue weighted by atomic mass is 79.9. The van der Waals surface area contributed by atoms with E-state index in [0.717, 1.165) is 10.0 Å². The lowest BCUT2D eigenvalue weighted by atomic mass is 10.1. The topological polar surface area (TPSA) is 55.4 Å². The monoisotopic (exact) mass is 339 g/mol. The number of carbonyl (C=O) groups is 2. The summed E-state index contributed by atoms with van der Waals surface area (Å²) in [6.07, 6.45) is 2.57. The van der Waals surface area contributed by atoms with Crippen LogP contribution in [-0.2, 0) is 9.53 Å². The number of hydrogen-bond donors (Lipinski definition) is 1. The third-order valence-electron chi connectivity index (χ3n) is 2.15. The van der Waals surface area contributed by atoms with Gasteiger partial charge in [0, 0.05) is 4.47 Å². The molecule has 1 aromatic carbocycles. The van der Waals surface area contributed by atoms with E-state index in [2.05, 4.69) is 21.2 Å². The molecule has 1 aromatic rings. The van der Waals surface area contributed by atoms with Crippen LogP contribution >= 0.6 is 15.9 Å². The minimum Gasteiger partial charge on any atom is -0.444 e. The van der Waals surface area contributed by atoms with Crippen LogP contribution in [0, 0.1) is 0 Å². The van der Waals surface area contributed by atoms with Crippen molar-refractivity contribution in [3.8, 4) is 0 Å². The minimum absolute atomic E-state index is 0.0591. The van der Waals surface area contributed by atoms with Crippen LogP contribution in [0.25, 0.3) is 6.08 Å². The third kappa shape index (κ3) is 6.02. The van der Waals surface area contributed by atoms with Gasteiger partial charge in [-0.3, -0.25) is 10.1 Å². The van der Waals surface area contributed by atoms with Gasteiger partial charge in [-0.2, -0.15) is 0 Å². The van der Waals surface area contributed by atoms with E-state index < -0.39 is 11.7 Å². The van der Waals surface area contributed by atoms with E-state index >= 15 is 0 Å². The molecule has 0 fully saturated rings. The first-order chi connectivity index (χ1) is 9.17. The molecule has 0 aliphatic rings. The highest BCUT2D eigenvalue weighted by Crippen LogP contribution is 2.23. The van der Waals surface area contributed by atoms with Crippen molar-refractivity contribution >= 4 is 39.6 Å². The first-order valence-electron chi connectivity index (χ1n) is 6.15. The second-order valence-electron chi connectivity index (χ2n) is 5.30. The summed E-state index contributed by atoms with van der Waals surface area (Å²) in [4.78, 5) is 22.8. The van der Waals surface area contributed by atoms with Gasteiger partial charge < -0.3 is 4.74 Å². The molecule has 0 bridgehead atoms.